The van der Waals surface area contributed by atoms with E-state index in [1.165, 1.54) is 24.8 Å². The molecule has 1 saturated heterocycles. The van der Waals surface area contributed by atoms with Gasteiger partial charge in [0.2, 0.25) is 0 Å². The molecule has 0 radical (unpaired) electrons. The molecule has 0 aromatic heterocycles. The molecule has 1 aromatic carbocycles. The molecule has 1 aliphatic heterocycles. The van der Waals surface area contributed by atoms with Crippen molar-refractivity contribution in [1.29, 1.82) is 0 Å². The predicted octanol–water partition coefficient (Wildman–Crippen LogP) is 4.32. The third-order valence-corrected chi connectivity index (χ3v) is 5.91. The smallest absolute Gasteiger partial charge is 0.315 e. The second-order valence-electron chi connectivity index (χ2n) is 7.83. The molecule has 1 aromatic rings. The van der Waals surface area contributed by atoms with Crippen molar-refractivity contribution in [3.8, 4) is 0 Å². The van der Waals surface area contributed by atoms with E-state index in [4.69, 9.17) is 11.6 Å². The standard InChI is InChI=1S/C21H33ClN4O.2ClH/c22-19-9-7-18(8-10-19)17-26-15-13-25(14-16-26)12-4-11-23-21(27)24-20-5-2-1-3-6-20;;/h7-10,20H,1-6,11-17H2,(H2,23,24,27);2*1H. The summed E-state index contributed by atoms with van der Waals surface area (Å²) in [7, 11) is 0. The van der Waals surface area contributed by atoms with Gasteiger partial charge in [-0.25, -0.2) is 4.79 Å². The highest BCUT2D eigenvalue weighted by Gasteiger charge is 2.17. The van der Waals surface area contributed by atoms with E-state index in [9.17, 15) is 4.79 Å². The van der Waals surface area contributed by atoms with Crippen LogP contribution in [-0.4, -0.2) is 61.1 Å². The Morgan fingerprint density at radius 2 is 1.59 bits per heavy atom. The second-order valence-corrected chi connectivity index (χ2v) is 8.27. The van der Waals surface area contributed by atoms with E-state index >= 15 is 0 Å². The molecule has 29 heavy (non-hydrogen) atoms. The fraction of sp³-hybridized carbons (Fsp3) is 0.667. The van der Waals surface area contributed by atoms with Crippen LogP contribution in [-0.2, 0) is 6.54 Å². The number of nitrogens with one attached hydrogen (secondary N) is 2. The maximum atomic E-state index is 11.9. The first-order chi connectivity index (χ1) is 13.2. The fourth-order valence-corrected chi connectivity index (χ4v) is 4.13. The molecule has 3 rings (SSSR count). The number of urea groups is 1. The van der Waals surface area contributed by atoms with Crippen LogP contribution in [0, 0.1) is 0 Å². The molecule has 5 nitrogen and oxygen atoms in total. The number of hydrogen-bond donors (Lipinski definition) is 2. The minimum atomic E-state index is 0. The SMILES string of the molecule is Cl.Cl.O=C(NCCCN1CCN(Cc2ccc(Cl)cc2)CC1)NC1CCCCC1. The summed E-state index contributed by atoms with van der Waals surface area (Å²) in [4.78, 5) is 16.9. The monoisotopic (exact) mass is 464 g/mol. The first-order valence-corrected chi connectivity index (χ1v) is 10.8. The molecule has 2 fully saturated rings. The van der Waals surface area contributed by atoms with Gasteiger partial charge in [0.1, 0.15) is 0 Å². The lowest BCUT2D eigenvalue weighted by Gasteiger charge is -2.34. The van der Waals surface area contributed by atoms with Crippen LogP contribution in [0.1, 0.15) is 44.1 Å². The van der Waals surface area contributed by atoms with Crippen LogP contribution < -0.4 is 10.6 Å². The molecule has 2 N–H and O–H groups in total. The Morgan fingerprint density at radius 3 is 2.24 bits per heavy atom. The molecule has 2 amide bonds. The maximum absolute atomic E-state index is 11.9. The van der Waals surface area contributed by atoms with Crippen molar-refractivity contribution < 1.29 is 4.79 Å². The molecule has 0 unspecified atom stereocenters. The summed E-state index contributed by atoms with van der Waals surface area (Å²) in [5, 5.41) is 6.92. The van der Waals surface area contributed by atoms with Gasteiger partial charge in [-0.05, 0) is 43.5 Å². The largest absolute Gasteiger partial charge is 0.338 e. The number of nitrogens with zero attached hydrogens (tertiary/aromatic N) is 2. The highest BCUT2D eigenvalue weighted by Crippen LogP contribution is 2.17. The average molecular weight is 466 g/mol. The molecular weight excluding hydrogens is 431 g/mol. The number of benzene rings is 1. The Kier molecular flexibility index (Phi) is 13.0. The summed E-state index contributed by atoms with van der Waals surface area (Å²) in [6, 6.07) is 8.54. The third kappa shape index (κ3) is 9.75. The van der Waals surface area contributed by atoms with E-state index in [0.717, 1.165) is 70.1 Å². The zero-order valence-electron chi connectivity index (χ0n) is 17.1. The molecule has 2 aliphatic rings. The lowest BCUT2D eigenvalue weighted by Crippen LogP contribution is -2.47. The Bertz CT molecular complexity index is 574. The van der Waals surface area contributed by atoms with Gasteiger partial charge < -0.3 is 15.5 Å². The van der Waals surface area contributed by atoms with Crippen molar-refractivity contribution in [2.24, 2.45) is 0 Å². The molecule has 166 valence electrons. The Labute approximate surface area is 192 Å². The van der Waals surface area contributed by atoms with Crippen molar-refractivity contribution in [3.63, 3.8) is 0 Å². The van der Waals surface area contributed by atoms with Gasteiger partial charge in [-0.1, -0.05) is 43.0 Å². The maximum Gasteiger partial charge on any atom is 0.315 e. The minimum absolute atomic E-state index is 0. The van der Waals surface area contributed by atoms with E-state index in [0.29, 0.717) is 6.04 Å². The first kappa shape index (κ1) is 26.3. The van der Waals surface area contributed by atoms with Crippen LogP contribution in [0.5, 0.6) is 0 Å². The molecule has 0 bridgehead atoms. The van der Waals surface area contributed by atoms with Crippen LogP contribution in [0.4, 0.5) is 4.79 Å². The summed E-state index contributed by atoms with van der Waals surface area (Å²) >= 11 is 5.95. The van der Waals surface area contributed by atoms with Gasteiger partial charge in [0.05, 0.1) is 0 Å². The van der Waals surface area contributed by atoms with E-state index in [1.807, 2.05) is 12.1 Å². The number of rotatable bonds is 7. The number of halogens is 3. The molecular formula is C21H35Cl3N4O. The molecule has 8 heteroatoms. The minimum Gasteiger partial charge on any atom is -0.338 e. The second kappa shape index (κ2) is 14.3. The van der Waals surface area contributed by atoms with Crippen molar-refractivity contribution in [2.75, 3.05) is 39.3 Å². The normalized spacial score (nSPS) is 18.4. The van der Waals surface area contributed by atoms with E-state index in [-0.39, 0.29) is 30.8 Å². The predicted molar refractivity (Wildman–Crippen MR) is 126 cm³/mol. The van der Waals surface area contributed by atoms with Gasteiger partial charge >= 0.3 is 6.03 Å². The summed E-state index contributed by atoms with van der Waals surface area (Å²) in [5.74, 6) is 0. The first-order valence-electron chi connectivity index (χ1n) is 10.4. The number of carbonyl (C=O) groups excluding carboxylic acids is 1. The van der Waals surface area contributed by atoms with E-state index in [2.05, 4.69) is 32.6 Å². The number of amides is 2. The topological polar surface area (TPSA) is 47.6 Å². The summed E-state index contributed by atoms with van der Waals surface area (Å²) in [6.07, 6.45) is 7.08. The van der Waals surface area contributed by atoms with E-state index < -0.39 is 0 Å². The number of carbonyl (C=O) groups is 1. The fourth-order valence-electron chi connectivity index (χ4n) is 4.01. The summed E-state index contributed by atoms with van der Waals surface area (Å²) in [5.41, 5.74) is 1.32. The zero-order chi connectivity index (χ0) is 18.9. The zero-order valence-corrected chi connectivity index (χ0v) is 19.5. The average Bonchev–Trinajstić information content (AvgIpc) is 2.69. The Balaban J connectivity index is 0.00000210. The highest BCUT2D eigenvalue weighted by atomic mass is 35.5. The van der Waals surface area contributed by atoms with Gasteiger partial charge in [-0.2, -0.15) is 0 Å². The van der Waals surface area contributed by atoms with E-state index in [1.54, 1.807) is 0 Å². The van der Waals surface area contributed by atoms with Crippen LogP contribution in [0.15, 0.2) is 24.3 Å². The van der Waals surface area contributed by atoms with Crippen LogP contribution in [0.25, 0.3) is 0 Å². The van der Waals surface area contributed by atoms with Crippen molar-refractivity contribution in [3.05, 3.63) is 34.9 Å². The van der Waals surface area contributed by atoms with Gasteiger partial charge in [0.15, 0.2) is 0 Å². The number of hydrogen-bond acceptors (Lipinski definition) is 3. The lowest BCUT2D eigenvalue weighted by molar-refractivity contribution is 0.126. The van der Waals surface area contributed by atoms with Crippen LogP contribution >= 0.6 is 36.4 Å². The molecule has 1 aliphatic carbocycles. The van der Waals surface area contributed by atoms with Crippen LogP contribution in [0.3, 0.4) is 0 Å². The van der Waals surface area contributed by atoms with Crippen LogP contribution in [0.2, 0.25) is 5.02 Å². The summed E-state index contributed by atoms with van der Waals surface area (Å²) < 4.78 is 0. The molecule has 1 saturated carbocycles. The van der Waals surface area contributed by atoms with Gasteiger partial charge in [0.25, 0.3) is 0 Å². The number of piperazine rings is 1. The third-order valence-electron chi connectivity index (χ3n) is 5.66. The van der Waals surface area contributed by atoms with Crippen molar-refractivity contribution in [1.82, 2.24) is 20.4 Å². The molecule has 0 spiro atoms. The Morgan fingerprint density at radius 1 is 0.966 bits per heavy atom. The van der Waals surface area contributed by atoms with Gasteiger partial charge in [-0.15, -0.1) is 24.8 Å². The Hall–Kier alpha value is -0.720. The van der Waals surface area contributed by atoms with Crippen molar-refractivity contribution >= 4 is 42.4 Å². The van der Waals surface area contributed by atoms with Crippen molar-refractivity contribution in [2.45, 2.75) is 51.1 Å². The molecule has 0 atom stereocenters. The lowest BCUT2D eigenvalue weighted by atomic mass is 9.96. The van der Waals surface area contributed by atoms with Gasteiger partial charge in [-0.3, -0.25) is 4.90 Å². The van der Waals surface area contributed by atoms with Gasteiger partial charge in [0, 0.05) is 50.3 Å². The quantitative estimate of drug-likeness (QED) is 0.589. The highest BCUT2D eigenvalue weighted by molar-refractivity contribution is 6.30. The molecule has 1 heterocycles. The summed E-state index contributed by atoms with van der Waals surface area (Å²) in [6.45, 7) is 7.19.